The lowest BCUT2D eigenvalue weighted by Crippen LogP contribution is -2.61. The highest BCUT2D eigenvalue weighted by molar-refractivity contribution is 7.00. The molecule has 0 fully saturated rings. The van der Waals surface area contributed by atoms with E-state index in [-0.39, 0.29) is 12.1 Å². The van der Waals surface area contributed by atoms with Crippen molar-refractivity contribution in [3.8, 4) is 11.4 Å². The summed E-state index contributed by atoms with van der Waals surface area (Å²) in [5, 5.41) is 2.41. The van der Waals surface area contributed by atoms with E-state index in [2.05, 4.69) is 282 Å². The number of aromatic nitrogens is 2. The zero-order valence-corrected chi connectivity index (χ0v) is 39.3. The van der Waals surface area contributed by atoms with E-state index in [0.717, 1.165) is 45.3 Å². The van der Waals surface area contributed by atoms with Crippen LogP contribution >= 0.6 is 0 Å². The third-order valence-electron chi connectivity index (χ3n) is 14.3. The summed E-state index contributed by atoms with van der Waals surface area (Å²) in [4.78, 5) is 7.47. The summed E-state index contributed by atoms with van der Waals surface area (Å²) in [5.41, 5.74) is 21.3. The molecule has 11 aromatic rings. The maximum atomic E-state index is 2.55. The number of rotatable bonds is 7. The molecule has 0 unspecified atom stereocenters. The maximum absolute atomic E-state index is 2.55. The average Bonchev–Trinajstić information content (AvgIpc) is 4.01. The molecule has 0 atom stereocenters. The van der Waals surface area contributed by atoms with Gasteiger partial charge < -0.3 is 23.8 Å². The topological polar surface area (TPSA) is 19.6 Å². The van der Waals surface area contributed by atoms with E-state index in [9.17, 15) is 0 Å². The maximum Gasteiger partial charge on any atom is 0.252 e. The molecular formula is C63H50BN5. The van der Waals surface area contributed by atoms with Gasteiger partial charge in [0.15, 0.2) is 0 Å². The molecule has 2 aliphatic rings. The number of nitrogens with zero attached hydrogens (tertiary/aromatic N) is 5. The minimum Gasteiger partial charge on any atom is -0.316 e. The van der Waals surface area contributed by atoms with Crippen LogP contribution in [0.1, 0.15) is 31.9 Å². The first kappa shape index (κ1) is 40.8. The molecule has 0 radical (unpaired) electrons. The minimum absolute atomic E-state index is 0.0153. The predicted octanol–water partition coefficient (Wildman–Crippen LogP) is 14.7. The molecule has 0 saturated carbocycles. The van der Waals surface area contributed by atoms with Crippen LogP contribution in [0.2, 0.25) is 0 Å². The Hall–Kier alpha value is -8.48. The van der Waals surface area contributed by atoms with Crippen LogP contribution in [-0.4, -0.2) is 15.8 Å². The molecular weight excluding hydrogens is 838 g/mol. The molecule has 2 aliphatic heterocycles. The SMILES string of the molecule is Cc1cc2c3c(c1)N(c1ccc4ccn(-c5ccccc5)c4c1)c1cc4c(ccn4-c4ccccc4)cc1B3c1ccc(N(c3ccccc3)c3ccccc3)cc1N2c1ccc(C(C)(C)C)cc1. The molecule has 0 N–H and O–H groups in total. The van der Waals surface area contributed by atoms with E-state index in [1.807, 2.05) is 0 Å². The molecule has 0 saturated heterocycles. The Morgan fingerprint density at radius 2 is 0.913 bits per heavy atom. The van der Waals surface area contributed by atoms with Gasteiger partial charge in [0.25, 0.3) is 6.71 Å². The van der Waals surface area contributed by atoms with E-state index < -0.39 is 0 Å². The lowest BCUT2D eigenvalue weighted by Gasteiger charge is -2.45. The van der Waals surface area contributed by atoms with Gasteiger partial charge in [0, 0.05) is 80.3 Å². The quantitative estimate of drug-likeness (QED) is 0.149. The van der Waals surface area contributed by atoms with Crippen molar-refractivity contribution in [1.29, 1.82) is 0 Å². The first-order valence-corrected chi connectivity index (χ1v) is 24.0. The first-order chi connectivity index (χ1) is 33.8. The summed E-state index contributed by atoms with van der Waals surface area (Å²) in [7, 11) is 0. The molecule has 0 spiro atoms. The fourth-order valence-corrected chi connectivity index (χ4v) is 11.0. The van der Waals surface area contributed by atoms with E-state index in [1.165, 1.54) is 66.6 Å². The molecule has 2 aromatic heterocycles. The lowest BCUT2D eigenvalue weighted by atomic mass is 9.33. The molecule has 9 aromatic carbocycles. The fraction of sp³-hybridized carbons (Fsp3) is 0.0794. The van der Waals surface area contributed by atoms with Crippen LogP contribution in [0.4, 0.5) is 51.2 Å². The molecule has 330 valence electrons. The fourth-order valence-electron chi connectivity index (χ4n) is 11.0. The summed E-state index contributed by atoms with van der Waals surface area (Å²) in [6.07, 6.45) is 4.42. The highest BCUT2D eigenvalue weighted by Crippen LogP contribution is 2.48. The van der Waals surface area contributed by atoms with Gasteiger partial charge in [-0.25, -0.2) is 0 Å². The second-order valence-electron chi connectivity index (χ2n) is 19.6. The van der Waals surface area contributed by atoms with E-state index in [4.69, 9.17) is 0 Å². The third kappa shape index (κ3) is 6.70. The minimum atomic E-state index is -0.0562. The van der Waals surface area contributed by atoms with Crippen LogP contribution in [0.3, 0.4) is 0 Å². The van der Waals surface area contributed by atoms with Crippen molar-refractivity contribution in [3.05, 3.63) is 242 Å². The Bertz CT molecular complexity index is 3680. The number of benzene rings is 9. The molecule has 0 amide bonds. The van der Waals surface area contributed by atoms with E-state index >= 15 is 0 Å². The zero-order valence-electron chi connectivity index (χ0n) is 39.3. The lowest BCUT2D eigenvalue weighted by molar-refractivity contribution is 0.590. The van der Waals surface area contributed by atoms with Gasteiger partial charge in [-0.2, -0.15) is 0 Å². The van der Waals surface area contributed by atoms with Crippen molar-refractivity contribution >= 4 is 96.1 Å². The van der Waals surface area contributed by atoms with E-state index in [0.29, 0.717) is 0 Å². The van der Waals surface area contributed by atoms with Crippen LogP contribution in [0.15, 0.2) is 231 Å². The van der Waals surface area contributed by atoms with Gasteiger partial charge in [-0.05, 0) is 161 Å². The molecule has 69 heavy (non-hydrogen) atoms. The van der Waals surface area contributed by atoms with Crippen molar-refractivity contribution in [2.75, 3.05) is 14.7 Å². The zero-order chi connectivity index (χ0) is 46.4. The molecule has 13 rings (SSSR count). The molecule has 0 aliphatic carbocycles. The van der Waals surface area contributed by atoms with Crippen LogP contribution in [0.5, 0.6) is 0 Å². The molecule has 5 nitrogen and oxygen atoms in total. The van der Waals surface area contributed by atoms with Gasteiger partial charge in [0.1, 0.15) is 0 Å². The smallest absolute Gasteiger partial charge is 0.252 e. The van der Waals surface area contributed by atoms with Gasteiger partial charge in [0.05, 0.1) is 11.0 Å². The monoisotopic (exact) mass is 887 g/mol. The van der Waals surface area contributed by atoms with Gasteiger partial charge >= 0.3 is 0 Å². The first-order valence-electron chi connectivity index (χ1n) is 24.0. The average molecular weight is 888 g/mol. The van der Waals surface area contributed by atoms with Crippen molar-refractivity contribution < 1.29 is 0 Å². The number of hydrogen-bond donors (Lipinski definition) is 0. The molecule has 4 heterocycles. The number of para-hydroxylation sites is 4. The highest BCUT2D eigenvalue weighted by atomic mass is 15.2. The van der Waals surface area contributed by atoms with Gasteiger partial charge in [-0.3, -0.25) is 0 Å². The normalized spacial score (nSPS) is 12.8. The Kier molecular flexibility index (Phi) is 9.35. The standard InChI is InChI=1S/C63H50BN5/c1-43-37-60-62-61(38-43)69(53-28-25-44-33-35-65(56(44)40-53)47-17-9-5-10-18-47)59-42-57-45(34-36-66(57)48-19-11-6-12-20-48)39-55(59)64(62)54-32-31-52(67(49-21-13-7-14-22-49)50-23-15-8-16-24-50)41-58(54)68(60)51-29-26-46(27-30-51)63(2,3)4/h5-42H,1-4H3. The van der Waals surface area contributed by atoms with Crippen molar-refractivity contribution in [2.24, 2.45) is 0 Å². The largest absolute Gasteiger partial charge is 0.316 e. The van der Waals surface area contributed by atoms with Crippen LogP contribution in [-0.2, 0) is 5.41 Å². The predicted molar refractivity (Wildman–Crippen MR) is 292 cm³/mol. The molecule has 0 bridgehead atoms. The van der Waals surface area contributed by atoms with Crippen molar-refractivity contribution in [3.63, 3.8) is 0 Å². The summed E-state index contributed by atoms with van der Waals surface area (Å²) in [6.45, 7) is 9.07. The van der Waals surface area contributed by atoms with Crippen molar-refractivity contribution in [2.45, 2.75) is 33.1 Å². The van der Waals surface area contributed by atoms with Crippen LogP contribution < -0.4 is 31.1 Å². The summed E-state index contributed by atoms with van der Waals surface area (Å²) in [6, 6.07) is 80.6. The van der Waals surface area contributed by atoms with Gasteiger partial charge in [0.2, 0.25) is 0 Å². The van der Waals surface area contributed by atoms with Crippen molar-refractivity contribution in [1.82, 2.24) is 9.13 Å². The number of aryl methyl sites for hydroxylation is 1. The number of hydrogen-bond acceptors (Lipinski definition) is 3. The summed E-state index contributed by atoms with van der Waals surface area (Å²) in [5.74, 6) is 0. The third-order valence-corrected chi connectivity index (χ3v) is 14.3. The second kappa shape index (κ2) is 15.8. The Balaban J connectivity index is 1.10. The number of fused-ring (bicyclic) bond motifs is 6. The Morgan fingerprint density at radius 3 is 1.51 bits per heavy atom. The van der Waals surface area contributed by atoms with Gasteiger partial charge in [-0.1, -0.05) is 124 Å². The van der Waals surface area contributed by atoms with Gasteiger partial charge in [-0.15, -0.1) is 0 Å². The summed E-state index contributed by atoms with van der Waals surface area (Å²) < 4.78 is 4.65. The van der Waals surface area contributed by atoms with Crippen LogP contribution in [0, 0.1) is 6.92 Å². The Morgan fingerprint density at radius 1 is 0.391 bits per heavy atom. The van der Waals surface area contributed by atoms with Crippen LogP contribution in [0.25, 0.3) is 33.2 Å². The Labute approximate surface area is 404 Å². The summed E-state index contributed by atoms with van der Waals surface area (Å²) >= 11 is 0. The van der Waals surface area contributed by atoms with E-state index in [1.54, 1.807) is 0 Å². The number of anilines is 9. The second-order valence-corrected chi connectivity index (χ2v) is 19.6. The molecule has 6 heteroatoms. The highest BCUT2D eigenvalue weighted by Gasteiger charge is 2.44.